The van der Waals surface area contributed by atoms with Crippen molar-refractivity contribution >= 4 is 16.1 Å². The van der Waals surface area contributed by atoms with Crippen molar-refractivity contribution in [2.75, 3.05) is 13.2 Å². The number of halogens is 4. The van der Waals surface area contributed by atoms with Crippen LogP contribution in [-0.2, 0) is 19.6 Å². The van der Waals surface area contributed by atoms with Gasteiger partial charge in [-0.2, -0.15) is 8.78 Å². The van der Waals surface area contributed by atoms with E-state index >= 15 is 0 Å². The summed E-state index contributed by atoms with van der Waals surface area (Å²) in [7, 11) is -5.78. The zero-order valence-electron chi connectivity index (χ0n) is 12.6. The number of carbonyl (C=O) groups is 1. The Morgan fingerprint density at radius 3 is 2.00 bits per heavy atom. The van der Waals surface area contributed by atoms with Crippen LogP contribution in [0, 0.1) is 29.2 Å². The van der Waals surface area contributed by atoms with Crippen LogP contribution in [0.2, 0.25) is 0 Å². The Bertz CT molecular complexity index is 705. The minimum Gasteiger partial charge on any atom is -0.744 e. The van der Waals surface area contributed by atoms with Crippen LogP contribution in [0.3, 0.4) is 0 Å². The molecule has 1 atom stereocenters. The lowest BCUT2D eigenvalue weighted by Gasteiger charge is -2.15. The van der Waals surface area contributed by atoms with Gasteiger partial charge in [-0.25, -0.2) is 17.2 Å². The normalized spacial score (nSPS) is 12.8. The number of carbonyl (C=O) groups excluding carboxylic acids is 1. The van der Waals surface area contributed by atoms with Crippen molar-refractivity contribution in [3.63, 3.8) is 0 Å². The van der Waals surface area contributed by atoms with Crippen LogP contribution < -0.4 is 4.74 Å². The van der Waals surface area contributed by atoms with Crippen molar-refractivity contribution in [1.29, 1.82) is 0 Å². The van der Waals surface area contributed by atoms with Gasteiger partial charge in [0.15, 0.2) is 17.4 Å². The third kappa shape index (κ3) is 4.35. The van der Waals surface area contributed by atoms with Crippen LogP contribution in [0.15, 0.2) is 4.90 Å². The highest BCUT2D eigenvalue weighted by Crippen LogP contribution is 2.32. The van der Waals surface area contributed by atoms with Crippen LogP contribution in [-0.4, -0.2) is 32.2 Å². The van der Waals surface area contributed by atoms with E-state index < -0.39 is 69.1 Å². The molecule has 0 N–H and O–H groups in total. The lowest BCUT2D eigenvalue weighted by molar-refractivity contribution is -0.148. The van der Waals surface area contributed by atoms with Gasteiger partial charge in [0.2, 0.25) is 11.6 Å². The Hall–Kier alpha value is -1.88. The van der Waals surface area contributed by atoms with Crippen LogP contribution in [0.4, 0.5) is 17.6 Å². The molecular weight excluding hydrogens is 360 g/mol. The molecule has 0 amide bonds. The molecule has 0 heterocycles. The smallest absolute Gasteiger partial charge is 0.308 e. The topological polar surface area (TPSA) is 92.7 Å². The molecule has 24 heavy (non-hydrogen) atoms. The third-order valence-electron chi connectivity index (χ3n) is 3.02. The molecule has 0 fully saturated rings. The van der Waals surface area contributed by atoms with Crippen LogP contribution in [0.1, 0.15) is 20.3 Å². The molecule has 1 unspecified atom stereocenters. The van der Waals surface area contributed by atoms with E-state index in [4.69, 9.17) is 4.74 Å². The second-order valence-electron chi connectivity index (χ2n) is 4.69. The number of hydrogen-bond donors (Lipinski definition) is 0. The Balaban J connectivity index is 2.94. The van der Waals surface area contributed by atoms with Gasteiger partial charge in [-0.1, -0.05) is 13.8 Å². The molecule has 0 saturated heterocycles. The Labute approximate surface area is 135 Å². The van der Waals surface area contributed by atoms with E-state index in [-0.39, 0.29) is 0 Å². The highest BCUT2D eigenvalue weighted by atomic mass is 32.2. The van der Waals surface area contributed by atoms with Crippen molar-refractivity contribution in [2.24, 2.45) is 5.92 Å². The summed E-state index contributed by atoms with van der Waals surface area (Å²) in [6.07, 6.45) is 0.491. The van der Waals surface area contributed by atoms with Crippen molar-refractivity contribution in [3.05, 3.63) is 23.3 Å². The standard InChI is InChI=1S/C13H14F4O6S/c1-3-6(2)13(18)23-5-4-22-11-7(14)9(16)12(24(19,20)21)10(17)8(11)15/h6H,3-5H2,1-2H3,(H,19,20,21)/p-1. The molecule has 0 aliphatic heterocycles. The third-order valence-corrected chi connectivity index (χ3v) is 3.88. The van der Waals surface area contributed by atoms with Gasteiger partial charge in [0, 0.05) is 0 Å². The van der Waals surface area contributed by atoms with Gasteiger partial charge in [-0.15, -0.1) is 0 Å². The average Bonchev–Trinajstić information content (AvgIpc) is 2.50. The molecule has 0 radical (unpaired) electrons. The molecule has 0 aromatic heterocycles. The lowest BCUT2D eigenvalue weighted by Crippen LogP contribution is -2.19. The zero-order valence-corrected chi connectivity index (χ0v) is 13.4. The summed E-state index contributed by atoms with van der Waals surface area (Å²) in [6, 6.07) is 0. The molecule has 1 aromatic rings. The van der Waals surface area contributed by atoms with E-state index in [1.165, 1.54) is 0 Å². The van der Waals surface area contributed by atoms with Crippen LogP contribution in [0.5, 0.6) is 5.75 Å². The monoisotopic (exact) mass is 373 g/mol. The van der Waals surface area contributed by atoms with E-state index in [9.17, 15) is 35.3 Å². The quantitative estimate of drug-likeness (QED) is 0.239. The Kier molecular flexibility index (Phi) is 6.55. The first-order valence-electron chi connectivity index (χ1n) is 6.63. The van der Waals surface area contributed by atoms with Gasteiger partial charge in [-0.3, -0.25) is 4.79 Å². The fourth-order valence-electron chi connectivity index (χ4n) is 1.53. The fourth-order valence-corrected chi connectivity index (χ4v) is 2.15. The van der Waals surface area contributed by atoms with E-state index in [0.29, 0.717) is 6.42 Å². The van der Waals surface area contributed by atoms with Crippen molar-refractivity contribution < 1.29 is 44.8 Å². The van der Waals surface area contributed by atoms with Gasteiger partial charge in [0.05, 0.1) is 5.92 Å². The lowest BCUT2D eigenvalue weighted by atomic mass is 10.1. The van der Waals surface area contributed by atoms with Gasteiger partial charge < -0.3 is 14.0 Å². The number of esters is 1. The summed E-state index contributed by atoms with van der Waals surface area (Å²) < 4.78 is 95.2. The largest absolute Gasteiger partial charge is 0.744 e. The van der Waals surface area contributed by atoms with Crippen molar-refractivity contribution in [1.82, 2.24) is 0 Å². The number of hydrogen-bond acceptors (Lipinski definition) is 6. The predicted molar refractivity (Wildman–Crippen MR) is 70.1 cm³/mol. The Morgan fingerprint density at radius 2 is 1.58 bits per heavy atom. The zero-order chi connectivity index (χ0) is 18.7. The van der Waals surface area contributed by atoms with Gasteiger partial charge in [0.1, 0.15) is 28.2 Å². The summed E-state index contributed by atoms with van der Waals surface area (Å²) in [5.41, 5.74) is 0. The number of rotatable bonds is 7. The molecular formula is C13H13F4O6S-. The first-order valence-corrected chi connectivity index (χ1v) is 8.04. The fraction of sp³-hybridized carbons (Fsp3) is 0.462. The van der Waals surface area contributed by atoms with Crippen LogP contribution in [0.25, 0.3) is 0 Å². The molecule has 6 nitrogen and oxygen atoms in total. The summed E-state index contributed by atoms with van der Waals surface area (Å²) in [6.45, 7) is 2.19. The summed E-state index contributed by atoms with van der Waals surface area (Å²) in [5.74, 6) is -11.7. The molecule has 0 aliphatic rings. The highest BCUT2D eigenvalue weighted by Gasteiger charge is 2.30. The maximum absolute atomic E-state index is 13.6. The summed E-state index contributed by atoms with van der Waals surface area (Å²) >= 11 is 0. The van der Waals surface area contributed by atoms with Crippen molar-refractivity contribution in [2.45, 2.75) is 25.2 Å². The first kappa shape index (κ1) is 20.2. The summed E-state index contributed by atoms with van der Waals surface area (Å²) in [5, 5.41) is 0. The van der Waals surface area contributed by atoms with Gasteiger partial charge in [0.25, 0.3) is 0 Å². The van der Waals surface area contributed by atoms with Gasteiger partial charge >= 0.3 is 5.97 Å². The number of benzene rings is 1. The predicted octanol–water partition coefficient (Wildman–Crippen LogP) is 2.12. The summed E-state index contributed by atoms with van der Waals surface area (Å²) in [4.78, 5) is 9.06. The SMILES string of the molecule is CCC(C)C(=O)OCCOc1c(F)c(F)c(S(=O)(=O)[O-])c(F)c1F. The Morgan fingerprint density at radius 1 is 1.08 bits per heavy atom. The minimum atomic E-state index is -5.78. The molecule has 1 rings (SSSR count). The molecule has 11 heteroatoms. The second-order valence-corrected chi connectivity index (χ2v) is 6.01. The maximum Gasteiger partial charge on any atom is 0.308 e. The maximum atomic E-state index is 13.6. The first-order chi connectivity index (χ1) is 11.0. The molecule has 0 spiro atoms. The van der Waals surface area contributed by atoms with E-state index in [1.54, 1.807) is 13.8 Å². The molecule has 0 saturated carbocycles. The highest BCUT2D eigenvalue weighted by molar-refractivity contribution is 7.85. The number of ether oxygens (including phenoxy) is 2. The minimum absolute atomic E-state index is 0.421. The molecule has 1 aromatic carbocycles. The van der Waals surface area contributed by atoms with E-state index in [0.717, 1.165) is 0 Å². The van der Waals surface area contributed by atoms with Crippen molar-refractivity contribution in [3.8, 4) is 5.75 Å². The average molecular weight is 373 g/mol. The molecule has 0 bridgehead atoms. The second kappa shape index (κ2) is 7.79. The molecule has 136 valence electrons. The van der Waals surface area contributed by atoms with E-state index in [2.05, 4.69) is 4.74 Å². The van der Waals surface area contributed by atoms with Gasteiger partial charge in [-0.05, 0) is 6.42 Å². The van der Waals surface area contributed by atoms with E-state index in [1.807, 2.05) is 0 Å². The molecule has 0 aliphatic carbocycles. The van der Waals surface area contributed by atoms with Crippen LogP contribution >= 0.6 is 0 Å².